The van der Waals surface area contributed by atoms with Gasteiger partial charge in [-0.1, -0.05) is 19.4 Å². The van der Waals surface area contributed by atoms with Gasteiger partial charge < -0.3 is 10.6 Å². The van der Waals surface area contributed by atoms with Gasteiger partial charge in [0, 0.05) is 25.2 Å². The normalized spacial score (nSPS) is 20.6. The van der Waals surface area contributed by atoms with Gasteiger partial charge in [-0.05, 0) is 37.6 Å². The standard InChI is InChI=1S/C15H23N5/c1-2-19-8-4-3-5-13(19)9-15-18-17-14-7-6-12(10-16)11-20(14)15/h6-7,11,13H,2-5,8-10,16H2,1H3. The van der Waals surface area contributed by atoms with E-state index in [2.05, 4.69) is 32.6 Å². The number of pyridine rings is 1. The molecular weight excluding hydrogens is 250 g/mol. The van der Waals surface area contributed by atoms with Crippen LogP contribution in [0.2, 0.25) is 0 Å². The van der Waals surface area contributed by atoms with Gasteiger partial charge >= 0.3 is 0 Å². The largest absolute Gasteiger partial charge is 0.326 e. The second kappa shape index (κ2) is 5.89. The Hall–Kier alpha value is -1.46. The SMILES string of the molecule is CCN1CCCCC1Cc1nnc2ccc(CN)cn12. The van der Waals surface area contributed by atoms with E-state index in [9.17, 15) is 0 Å². The third kappa shape index (κ3) is 2.55. The Bertz CT molecular complexity index is 577. The highest BCUT2D eigenvalue weighted by atomic mass is 15.3. The first-order chi connectivity index (χ1) is 9.81. The molecule has 1 aliphatic rings. The summed E-state index contributed by atoms with van der Waals surface area (Å²) in [5, 5.41) is 8.64. The topological polar surface area (TPSA) is 59.5 Å². The summed E-state index contributed by atoms with van der Waals surface area (Å²) >= 11 is 0. The smallest absolute Gasteiger partial charge is 0.160 e. The van der Waals surface area contributed by atoms with Crippen LogP contribution in [-0.4, -0.2) is 38.6 Å². The molecule has 0 aromatic carbocycles. The Morgan fingerprint density at radius 3 is 3.00 bits per heavy atom. The van der Waals surface area contributed by atoms with Crippen molar-refractivity contribution in [3.05, 3.63) is 29.7 Å². The highest BCUT2D eigenvalue weighted by Gasteiger charge is 2.23. The van der Waals surface area contributed by atoms with E-state index in [1.807, 2.05) is 12.1 Å². The van der Waals surface area contributed by atoms with Gasteiger partial charge in [0.1, 0.15) is 5.82 Å². The number of nitrogens with zero attached hydrogens (tertiary/aromatic N) is 4. The van der Waals surface area contributed by atoms with Gasteiger partial charge in [0.2, 0.25) is 0 Å². The summed E-state index contributed by atoms with van der Waals surface area (Å²) in [6.07, 6.45) is 6.96. The fourth-order valence-corrected chi connectivity index (χ4v) is 3.16. The van der Waals surface area contributed by atoms with Gasteiger partial charge in [0.25, 0.3) is 0 Å². The van der Waals surface area contributed by atoms with Crippen molar-refractivity contribution in [2.75, 3.05) is 13.1 Å². The van der Waals surface area contributed by atoms with Crippen LogP contribution < -0.4 is 5.73 Å². The monoisotopic (exact) mass is 273 g/mol. The predicted octanol–water partition coefficient (Wildman–Crippen LogP) is 1.60. The molecule has 0 bridgehead atoms. The molecule has 1 saturated heterocycles. The first-order valence-corrected chi connectivity index (χ1v) is 7.58. The third-order valence-corrected chi connectivity index (χ3v) is 4.34. The van der Waals surface area contributed by atoms with E-state index in [0.29, 0.717) is 12.6 Å². The molecule has 1 fully saturated rings. The molecule has 0 radical (unpaired) electrons. The number of hydrogen-bond acceptors (Lipinski definition) is 4. The molecular formula is C15H23N5. The molecule has 0 spiro atoms. The van der Waals surface area contributed by atoms with Crippen LogP contribution in [0.5, 0.6) is 0 Å². The number of likely N-dealkylation sites (tertiary alicyclic amines) is 1. The molecule has 108 valence electrons. The van der Waals surface area contributed by atoms with E-state index in [4.69, 9.17) is 5.73 Å². The number of aromatic nitrogens is 3. The van der Waals surface area contributed by atoms with Crippen LogP contribution in [0.15, 0.2) is 18.3 Å². The maximum Gasteiger partial charge on any atom is 0.160 e. The number of likely N-dealkylation sites (N-methyl/N-ethyl adjacent to an activating group) is 1. The highest BCUT2D eigenvalue weighted by Crippen LogP contribution is 2.20. The Balaban J connectivity index is 1.86. The van der Waals surface area contributed by atoms with Gasteiger partial charge in [-0.3, -0.25) is 4.40 Å². The van der Waals surface area contributed by atoms with Crippen molar-refractivity contribution in [3.63, 3.8) is 0 Å². The summed E-state index contributed by atoms with van der Waals surface area (Å²) < 4.78 is 2.10. The lowest BCUT2D eigenvalue weighted by atomic mass is 9.99. The molecule has 1 atom stereocenters. The molecule has 1 aliphatic heterocycles. The Kier molecular flexibility index (Phi) is 3.98. The molecule has 0 saturated carbocycles. The second-order valence-corrected chi connectivity index (χ2v) is 5.57. The Labute approximate surface area is 119 Å². The number of nitrogens with two attached hydrogens (primary N) is 1. The van der Waals surface area contributed by atoms with E-state index < -0.39 is 0 Å². The lowest BCUT2D eigenvalue weighted by molar-refractivity contribution is 0.153. The van der Waals surface area contributed by atoms with E-state index in [0.717, 1.165) is 30.0 Å². The zero-order valence-corrected chi connectivity index (χ0v) is 12.1. The Morgan fingerprint density at radius 1 is 1.30 bits per heavy atom. The average molecular weight is 273 g/mol. The summed E-state index contributed by atoms with van der Waals surface area (Å²) in [5.74, 6) is 1.06. The minimum atomic E-state index is 0.554. The molecule has 2 aromatic heterocycles. The van der Waals surface area contributed by atoms with E-state index >= 15 is 0 Å². The molecule has 3 rings (SSSR count). The van der Waals surface area contributed by atoms with Crippen molar-refractivity contribution in [1.82, 2.24) is 19.5 Å². The van der Waals surface area contributed by atoms with Gasteiger partial charge in [0.05, 0.1) is 0 Å². The molecule has 5 nitrogen and oxygen atoms in total. The second-order valence-electron chi connectivity index (χ2n) is 5.57. The highest BCUT2D eigenvalue weighted by molar-refractivity contribution is 5.39. The van der Waals surface area contributed by atoms with Crippen LogP contribution in [0.1, 0.15) is 37.6 Å². The first kappa shape index (κ1) is 13.5. The summed E-state index contributed by atoms with van der Waals surface area (Å²) in [7, 11) is 0. The maximum absolute atomic E-state index is 5.73. The van der Waals surface area contributed by atoms with Crippen molar-refractivity contribution >= 4 is 5.65 Å². The van der Waals surface area contributed by atoms with Gasteiger partial charge in [-0.15, -0.1) is 10.2 Å². The van der Waals surface area contributed by atoms with E-state index in [1.165, 1.54) is 25.8 Å². The molecule has 1 unspecified atom stereocenters. The number of piperidine rings is 1. The molecule has 20 heavy (non-hydrogen) atoms. The zero-order valence-electron chi connectivity index (χ0n) is 12.1. The van der Waals surface area contributed by atoms with Crippen LogP contribution in [0, 0.1) is 0 Å². The van der Waals surface area contributed by atoms with E-state index in [1.54, 1.807) is 0 Å². The zero-order chi connectivity index (χ0) is 13.9. The molecule has 5 heteroatoms. The minimum absolute atomic E-state index is 0.554. The average Bonchev–Trinajstić information content (AvgIpc) is 2.90. The van der Waals surface area contributed by atoms with Crippen molar-refractivity contribution < 1.29 is 0 Å². The number of hydrogen-bond donors (Lipinski definition) is 1. The van der Waals surface area contributed by atoms with Crippen LogP contribution in [0.4, 0.5) is 0 Å². The predicted molar refractivity (Wildman–Crippen MR) is 79.5 cm³/mol. The molecule has 2 aromatic rings. The summed E-state index contributed by atoms with van der Waals surface area (Å²) in [6, 6.07) is 4.62. The molecule has 3 heterocycles. The number of fused-ring (bicyclic) bond motifs is 1. The lowest BCUT2D eigenvalue weighted by Crippen LogP contribution is -2.40. The van der Waals surface area contributed by atoms with Crippen molar-refractivity contribution in [3.8, 4) is 0 Å². The van der Waals surface area contributed by atoms with Crippen molar-refractivity contribution in [2.45, 2.75) is 45.2 Å². The van der Waals surface area contributed by atoms with Crippen LogP contribution in [0.3, 0.4) is 0 Å². The van der Waals surface area contributed by atoms with Crippen LogP contribution in [0.25, 0.3) is 5.65 Å². The maximum atomic E-state index is 5.73. The van der Waals surface area contributed by atoms with Gasteiger partial charge in [-0.25, -0.2) is 0 Å². The first-order valence-electron chi connectivity index (χ1n) is 7.58. The molecule has 2 N–H and O–H groups in total. The van der Waals surface area contributed by atoms with Crippen LogP contribution >= 0.6 is 0 Å². The van der Waals surface area contributed by atoms with Gasteiger partial charge in [0.15, 0.2) is 5.65 Å². The van der Waals surface area contributed by atoms with Crippen molar-refractivity contribution in [2.24, 2.45) is 5.73 Å². The van der Waals surface area contributed by atoms with Crippen LogP contribution in [-0.2, 0) is 13.0 Å². The fraction of sp³-hybridized carbons (Fsp3) is 0.600. The summed E-state index contributed by atoms with van der Waals surface area (Å²) in [6.45, 7) is 5.13. The van der Waals surface area contributed by atoms with Gasteiger partial charge in [-0.2, -0.15) is 0 Å². The van der Waals surface area contributed by atoms with E-state index in [-0.39, 0.29) is 0 Å². The molecule has 0 amide bonds. The summed E-state index contributed by atoms with van der Waals surface area (Å²) in [5.41, 5.74) is 7.76. The minimum Gasteiger partial charge on any atom is -0.326 e. The number of rotatable bonds is 4. The quantitative estimate of drug-likeness (QED) is 0.919. The molecule has 0 aliphatic carbocycles. The Morgan fingerprint density at radius 2 is 2.20 bits per heavy atom. The third-order valence-electron chi connectivity index (χ3n) is 4.34. The lowest BCUT2D eigenvalue weighted by Gasteiger charge is -2.34. The van der Waals surface area contributed by atoms with Crippen molar-refractivity contribution in [1.29, 1.82) is 0 Å². The fourth-order valence-electron chi connectivity index (χ4n) is 3.16. The summed E-state index contributed by atoms with van der Waals surface area (Å²) in [4.78, 5) is 2.57.